The van der Waals surface area contributed by atoms with E-state index >= 15 is 0 Å². The molecule has 0 bridgehead atoms. The number of esters is 2. The molecule has 0 spiro atoms. The van der Waals surface area contributed by atoms with Crippen molar-refractivity contribution < 1.29 is 19.1 Å². The number of nitrogens with one attached hydrogen (secondary N) is 2. The first kappa shape index (κ1) is 20.7. The summed E-state index contributed by atoms with van der Waals surface area (Å²) in [7, 11) is 0. The Balaban J connectivity index is 2.27. The molecule has 2 N–H and O–H groups in total. The van der Waals surface area contributed by atoms with Crippen molar-refractivity contribution in [3.8, 4) is 0 Å². The number of halogens is 1. The summed E-state index contributed by atoms with van der Waals surface area (Å²) in [5.74, 6) is -1.02. The number of carbonyl (C=O) groups is 2. The minimum absolute atomic E-state index is 0.225. The molecule has 0 aromatic heterocycles. The third kappa shape index (κ3) is 5.94. The number of benzene rings is 2. The molecule has 0 heterocycles. The van der Waals surface area contributed by atoms with Crippen LogP contribution in [0.25, 0.3) is 0 Å². The highest BCUT2D eigenvalue weighted by atomic mass is 35.5. The summed E-state index contributed by atoms with van der Waals surface area (Å²) in [6, 6.07) is 11.5. The van der Waals surface area contributed by atoms with Gasteiger partial charge in [0.2, 0.25) is 0 Å². The molecule has 2 aromatic carbocycles. The second-order valence-corrected chi connectivity index (χ2v) is 6.14. The molecular weight excluding hydrogens is 388 g/mol. The Morgan fingerprint density at radius 2 is 1.70 bits per heavy atom. The van der Waals surface area contributed by atoms with E-state index in [0.29, 0.717) is 16.4 Å². The lowest BCUT2D eigenvalue weighted by molar-refractivity contribution is 0.0512. The Kier molecular flexibility index (Phi) is 7.57. The van der Waals surface area contributed by atoms with Gasteiger partial charge in [0.1, 0.15) is 0 Å². The molecule has 142 valence electrons. The van der Waals surface area contributed by atoms with Gasteiger partial charge in [-0.3, -0.25) is 0 Å². The number of carbonyl (C=O) groups excluding carboxylic acids is 2. The van der Waals surface area contributed by atoms with Crippen molar-refractivity contribution in [1.82, 2.24) is 0 Å². The summed E-state index contributed by atoms with van der Waals surface area (Å²) in [4.78, 5) is 24.2. The minimum Gasteiger partial charge on any atom is -0.462 e. The Morgan fingerprint density at radius 3 is 2.37 bits per heavy atom. The average molecular weight is 407 g/mol. The van der Waals surface area contributed by atoms with Gasteiger partial charge in [-0.2, -0.15) is 0 Å². The first-order valence-electron chi connectivity index (χ1n) is 8.26. The van der Waals surface area contributed by atoms with Crippen molar-refractivity contribution in [2.75, 3.05) is 23.8 Å². The van der Waals surface area contributed by atoms with E-state index in [2.05, 4.69) is 10.6 Å². The number of thiocarbonyl (C=S) groups is 1. The van der Waals surface area contributed by atoms with Gasteiger partial charge in [0.15, 0.2) is 5.11 Å². The van der Waals surface area contributed by atoms with Crippen LogP contribution in [0.3, 0.4) is 0 Å². The average Bonchev–Trinajstić information content (AvgIpc) is 2.62. The lowest BCUT2D eigenvalue weighted by Gasteiger charge is -2.15. The highest BCUT2D eigenvalue weighted by Gasteiger charge is 2.17. The molecule has 27 heavy (non-hydrogen) atoms. The molecule has 0 radical (unpaired) electrons. The molecule has 2 rings (SSSR count). The van der Waals surface area contributed by atoms with Gasteiger partial charge < -0.3 is 20.1 Å². The second kappa shape index (κ2) is 9.89. The van der Waals surface area contributed by atoms with Gasteiger partial charge in [-0.25, -0.2) is 9.59 Å². The Hall–Kier alpha value is -2.64. The normalized spacial score (nSPS) is 10.0. The molecule has 0 atom stereocenters. The summed E-state index contributed by atoms with van der Waals surface area (Å²) >= 11 is 11.3. The molecule has 0 aliphatic carbocycles. The smallest absolute Gasteiger partial charge is 0.340 e. The van der Waals surface area contributed by atoms with Crippen molar-refractivity contribution in [3.05, 3.63) is 58.6 Å². The summed E-state index contributed by atoms with van der Waals surface area (Å²) in [6.07, 6.45) is 0. The van der Waals surface area contributed by atoms with E-state index < -0.39 is 11.9 Å². The molecule has 0 unspecified atom stereocenters. The fourth-order valence-electron chi connectivity index (χ4n) is 2.23. The molecule has 0 saturated heterocycles. The van der Waals surface area contributed by atoms with Crippen LogP contribution in [0.2, 0.25) is 5.02 Å². The number of rotatable bonds is 6. The Morgan fingerprint density at radius 1 is 1.00 bits per heavy atom. The zero-order valence-electron chi connectivity index (χ0n) is 14.9. The largest absolute Gasteiger partial charge is 0.462 e. The fourth-order valence-corrected chi connectivity index (χ4v) is 2.64. The van der Waals surface area contributed by atoms with Crippen LogP contribution in [0.4, 0.5) is 11.4 Å². The molecule has 0 fully saturated rings. The summed E-state index contributed by atoms with van der Waals surface area (Å²) in [5, 5.41) is 6.68. The van der Waals surface area contributed by atoms with Gasteiger partial charge in [0.25, 0.3) is 0 Å². The van der Waals surface area contributed by atoms with Gasteiger partial charge in [-0.05, 0) is 62.5 Å². The fraction of sp³-hybridized carbons (Fsp3) is 0.211. The summed E-state index contributed by atoms with van der Waals surface area (Å²) in [6.45, 7) is 3.90. The first-order valence-corrected chi connectivity index (χ1v) is 9.05. The van der Waals surface area contributed by atoms with Crippen LogP contribution in [-0.4, -0.2) is 30.3 Å². The van der Waals surface area contributed by atoms with Gasteiger partial charge in [0, 0.05) is 10.7 Å². The van der Waals surface area contributed by atoms with Gasteiger partial charge in [0.05, 0.1) is 30.0 Å². The minimum atomic E-state index is -0.527. The van der Waals surface area contributed by atoms with Crippen molar-refractivity contribution in [2.45, 2.75) is 13.8 Å². The standard InChI is InChI=1S/C19H19ClN2O4S/c1-3-25-17(23)12-8-9-15(18(24)26-4-2)16(10-12)22-19(27)21-14-7-5-6-13(20)11-14/h5-11H,3-4H2,1-2H3,(H2,21,22,27). The van der Waals surface area contributed by atoms with Crippen LogP contribution in [0, 0.1) is 0 Å². The van der Waals surface area contributed by atoms with E-state index in [0.717, 1.165) is 0 Å². The van der Waals surface area contributed by atoms with E-state index in [1.54, 1.807) is 38.1 Å². The lowest BCUT2D eigenvalue weighted by Crippen LogP contribution is -2.21. The predicted octanol–water partition coefficient (Wildman–Crippen LogP) is 4.50. The van der Waals surface area contributed by atoms with E-state index in [9.17, 15) is 9.59 Å². The topological polar surface area (TPSA) is 76.7 Å². The maximum absolute atomic E-state index is 12.2. The van der Waals surface area contributed by atoms with Crippen LogP contribution in [0.15, 0.2) is 42.5 Å². The quantitative estimate of drug-likeness (QED) is 0.540. The monoisotopic (exact) mass is 406 g/mol. The Bertz CT molecular complexity index is 857. The molecule has 8 heteroatoms. The van der Waals surface area contributed by atoms with Crippen molar-refractivity contribution in [2.24, 2.45) is 0 Å². The van der Waals surface area contributed by atoms with Crippen molar-refractivity contribution in [1.29, 1.82) is 0 Å². The zero-order valence-corrected chi connectivity index (χ0v) is 16.4. The van der Waals surface area contributed by atoms with E-state index in [1.165, 1.54) is 18.2 Å². The molecule has 2 aromatic rings. The molecule has 0 aliphatic heterocycles. The van der Waals surface area contributed by atoms with Gasteiger partial charge >= 0.3 is 11.9 Å². The first-order chi connectivity index (χ1) is 12.9. The van der Waals surface area contributed by atoms with Crippen LogP contribution in [-0.2, 0) is 9.47 Å². The third-order valence-corrected chi connectivity index (χ3v) is 3.80. The molecule has 6 nitrogen and oxygen atoms in total. The van der Waals surface area contributed by atoms with Crippen molar-refractivity contribution >= 4 is 52.2 Å². The predicted molar refractivity (Wildman–Crippen MR) is 110 cm³/mol. The maximum Gasteiger partial charge on any atom is 0.340 e. The highest BCUT2D eigenvalue weighted by Crippen LogP contribution is 2.21. The number of anilines is 2. The number of ether oxygens (including phenoxy) is 2. The second-order valence-electron chi connectivity index (χ2n) is 5.29. The zero-order chi connectivity index (χ0) is 19.8. The Labute approximate surface area is 167 Å². The molecule has 0 aliphatic rings. The molecular formula is C19H19ClN2O4S. The van der Waals surface area contributed by atoms with E-state index in [4.69, 9.17) is 33.3 Å². The van der Waals surface area contributed by atoms with Crippen LogP contribution in [0.1, 0.15) is 34.6 Å². The van der Waals surface area contributed by atoms with Crippen LogP contribution in [0.5, 0.6) is 0 Å². The molecule has 0 saturated carbocycles. The maximum atomic E-state index is 12.2. The van der Waals surface area contributed by atoms with Crippen molar-refractivity contribution in [3.63, 3.8) is 0 Å². The van der Waals surface area contributed by atoms with E-state index in [-0.39, 0.29) is 29.5 Å². The van der Waals surface area contributed by atoms with Crippen LogP contribution >= 0.6 is 23.8 Å². The van der Waals surface area contributed by atoms with Gasteiger partial charge in [-0.15, -0.1) is 0 Å². The lowest BCUT2D eigenvalue weighted by atomic mass is 10.1. The van der Waals surface area contributed by atoms with Crippen LogP contribution < -0.4 is 10.6 Å². The highest BCUT2D eigenvalue weighted by molar-refractivity contribution is 7.80. The summed E-state index contributed by atoms with van der Waals surface area (Å²) in [5.41, 5.74) is 1.55. The van der Waals surface area contributed by atoms with Gasteiger partial charge in [-0.1, -0.05) is 17.7 Å². The SMILES string of the molecule is CCOC(=O)c1ccc(C(=O)OCC)c(NC(=S)Nc2cccc(Cl)c2)c1. The number of hydrogen-bond acceptors (Lipinski definition) is 5. The summed E-state index contributed by atoms with van der Waals surface area (Å²) < 4.78 is 10.1. The number of hydrogen-bond donors (Lipinski definition) is 2. The van der Waals surface area contributed by atoms with E-state index in [1.807, 2.05) is 0 Å². The third-order valence-electron chi connectivity index (χ3n) is 3.36. The molecule has 0 amide bonds.